The maximum Gasteiger partial charge on any atom is 0.484 e. The largest absolute Gasteiger partial charge is 0.484 e. The average Bonchev–Trinajstić information content (AvgIpc) is 3.22. The van der Waals surface area contributed by atoms with E-state index in [1.807, 2.05) is 19.1 Å². The van der Waals surface area contributed by atoms with Crippen molar-refractivity contribution in [1.29, 1.82) is 5.41 Å². The molecule has 164 valence electrons. The van der Waals surface area contributed by atoms with Crippen LogP contribution in [0.5, 0.6) is 0 Å². The van der Waals surface area contributed by atoms with Crippen molar-refractivity contribution in [1.82, 2.24) is 15.2 Å². The molecule has 9 heteroatoms. The fourth-order valence-electron chi connectivity index (χ4n) is 3.29. The SMILES string of the molecule is C=CNCc1cc(C(=N)c2ccc(CC)nc2)c(N)cc1NC1=CN(C(F)(F)F)CC1. The number of pyridine rings is 1. The molecule has 0 fully saturated rings. The van der Waals surface area contributed by atoms with Crippen LogP contribution < -0.4 is 16.4 Å². The van der Waals surface area contributed by atoms with E-state index in [1.54, 1.807) is 18.3 Å². The maximum atomic E-state index is 12.9. The molecule has 0 saturated heterocycles. The number of rotatable bonds is 8. The van der Waals surface area contributed by atoms with Gasteiger partial charge in [-0.05, 0) is 42.4 Å². The highest BCUT2D eigenvalue weighted by atomic mass is 19.4. The summed E-state index contributed by atoms with van der Waals surface area (Å²) in [6.07, 6.45) is 0.867. The lowest BCUT2D eigenvalue weighted by Gasteiger charge is -2.18. The number of alkyl halides is 3. The van der Waals surface area contributed by atoms with Gasteiger partial charge in [-0.2, -0.15) is 13.2 Å². The molecule has 31 heavy (non-hydrogen) atoms. The lowest BCUT2D eigenvalue weighted by Crippen LogP contribution is -2.31. The Balaban J connectivity index is 1.91. The number of nitrogens with zero attached hydrogens (tertiary/aromatic N) is 2. The van der Waals surface area contributed by atoms with Crippen molar-refractivity contribution in [3.8, 4) is 0 Å². The van der Waals surface area contributed by atoms with Gasteiger partial charge < -0.3 is 16.4 Å². The molecule has 3 rings (SSSR count). The van der Waals surface area contributed by atoms with Gasteiger partial charge in [0.05, 0.1) is 5.71 Å². The van der Waals surface area contributed by atoms with Crippen LogP contribution in [0.1, 0.15) is 35.7 Å². The molecule has 0 atom stereocenters. The van der Waals surface area contributed by atoms with Crippen LogP contribution >= 0.6 is 0 Å². The van der Waals surface area contributed by atoms with E-state index in [4.69, 9.17) is 11.1 Å². The summed E-state index contributed by atoms with van der Waals surface area (Å²) in [4.78, 5) is 4.68. The topological polar surface area (TPSA) is 90.1 Å². The van der Waals surface area contributed by atoms with Crippen molar-refractivity contribution in [2.24, 2.45) is 0 Å². The van der Waals surface area contributed by atoms with Gasteiger partial charge >= 0.3 is 6.30 Å². The fourth-order valence-corrected chi connectivity index (χ4v) is 3.29. The van der Waals surface area contributed by atoms with E-state index in [9.17, 15) is 13.2 Å². The highest BCUT2D eigenvalue weighted by molar-refractivity contribution is 6.14. The number of hydrogen-bond donors (Lipinski definition) is 4. The Hall–Kier alpha value is -3.49. The molecule has 0 amide bonds. The van der Waals surface area contributed by atoms with Crippen LogP contribution in [0.4, 0.5) is 24.5 Å². The number of nitrogen functional groups attached to an aromatic ring is 1. The van der Waals surface area contributed by atoms with Gasteiger partial charge in [-0.15, -0.1) is 0 Å². The van der Waals surface area contributed by atoms with Crippen molar-refractivity contribution in [3.63, 3.8) is 0 Å². The smallest absolute Gasteiger partial charge is 0.398 e. The van der Waals surface area contributed by atoms with Gasteiger partial charge in [0.2, 0.25) is 0 Å². The molecule has 0 unspecified atom stereocenters. The van der Waals surface area contributed by atoms with Gasteiger partial charge in [-0.25, -0.2) is 0 Å². The number of anilines is 2. The van der Waals surface area contributed by atoms with E-state index in [-0.39, 0.29) is 18.7 Å². The molecule has 2 aromatic rings. The summed E-state index contributed by atoms with van der Waals surface area (Å²) in [7, 11) is 0. The first-order valence-electron chi connectivity index (χ1n) is 9.85. The maximum absolute atomic E-state index is 12.9. The number of aryl methyl sites for hydroxylation is 1. The minimum atomic E-state index is -4.41. The predicted octanol–water partition coefficient (Wildman–Crippen LogP) is 4.35. The first kappa shape index (κ1) is 22.2. The van der Waals surface area contributed by atoms with Crippen molar-refractivity contribution in [2.75, 3.05) is 17.6 Å². The average molecular weight is 430 g/mol. The quantitative estimate of drug-likeness (QED) is 0.284. The second kappa shape index (κ2) is 9.11. The van der Waals surface area contributed by atoms with Gasteiger partial charge in [0.15, 0.2) is 0 Å². The molecule has 0 aliphatic carbocycles. The Labute approximate surface area is 179 Å². The van der Waals surface area contributed by atoms with Crippen LogP contribution in [-0.2, 0) is 13.0 Å². The second-order valence-electron chi connectivity index (χ2n) is 7.14. The summed E-state index contributed by atoms with van der Waals surface area (Å²) in [5, 5.41) is 14.6. The van der Waals surface area contributed by atoms with Crippen LogP contribution in [0.3, 0.4) is 0 Å². The zero-order valence-electron chi connectivity index (χ0n) is 17.2. The van der Waals surface area contributed by atoms with Crippen LogP contribution in [-0.4, -0.2) is 28.4 Å². The third-order valence-corrected chi connectivity index (χ3v) is 5.01. The summed E-state index contributed by atoms with van der Waals surface area (Å²) in [6.45, 7) is 5.88. The van der Waals surface area contributed by atoms with Gasteiger partial charge in [0, 0.05) is 65.8 Å². The van der Waals surface area contributed by atoms with Crippen LogP contribution in [0, 0.1) is 5.41 Å². The molecule has 0 radical (unpaired) electrons. The third kappa shape index (κ3) is 5.17. The molecule has 1 aliphatic heterocycles. The van der Waals surface area contributed by atoms with Crippen LogP contribution in [0.2, 0.25) is 0 Å². The molecule has 1 aromatic carbocycles. The van der Waals surface area contributed by atoms with Gasteiger partial charge in [-0.1, -0.05) is 13.5 Å². The lowest BCUT2D eigenvalue weighted by atomic mass is 9.98. The summed E-state index contributed by atoms with van der Waals surface area (Å²) in [5.74, 6) is 0. The predicted molar refractivity (Wildman–Crippen MR) is 117 cm³/mol. The number of benzene rings is 1. The van der Waals surface area contributed by atoms with Crippen LogP contribution in [0.25, 0.3) is 0 Å². The minimum absolute atomic E-state index is 0.134. The summed E-state index contributed by atoms with van der Waals surface area (Å²) >= 11 is 0. The molecule has 6 nitrogen and oxygen atoms in total. The summed E-state index contributed by atoms with van der Waals surface area (Å²) in [5.41, 5.74) is 10.7. The highest BCUT2D eigenvalue weighted by Gasteiger charge is 2.37. The molecular weight excluding hydrogens is 405 g/mol. The van der Waals surface area contributed by atoms with E-state index >= 15 is 0 Å². The molecule has 2 heterocycles. The monoisotopic (exact) mass is 430 g/mol. The number of nitrogens with two attached hydrogens (primary N) is 1. The second-order valence-corrected chi connectivity index (χ2v) is 7.14. The Morgan fingerprint density at radius 1 is 1.35 bits per heavy atom. The number of aromatic nitrogens is 1. The zero-order chi connectivity index (χ0) is 22.6. The molecule has 5 N–H and O–H groups in total. The Morgan fingerprint density at radius 3 is 2.71 bits per heavy atom. The molecule has 1 aromatic heterocycles. The van der Waals surface area contributed by atoms with E-state index in [2.05, 4.69) is 22.2 Å². The number of halogens is 3. The molecular formula is C22H25F3N6. The van der Waals surface area contributed by atoms with E-state index in [1.165, 1.54) is 6.20 Å². The Morgan fingerprint density at radius 2 is 2.13 bits per heavy atom. The van der Waals surface area contributed by atoms with E-state index in [0.717, 1.165) is 23.9 Å². The Bertz CT molecular complexity index is 996. The first-order chi connectivity index (χ1) is 14.7. The van der Waals surface area contributed by atoms with Crippen molar-refractivity contribution in [3.05, 3.63) is 77.5 Å². The Kier molecular flexibility index (Phi) is 6.53. The van der Waals surface area contributed by atoms with Crippen LogP contribution in [0.15, 0.2) is 55.1 Å². The zero-order valence-corrected chi connectivity index (χ0v) is 17.2. The minimum Gasteiger partial charge on any atom is -0.398 e. The molecule has 0 spiro atoms. The van der Waals surface area contributed by atoms with Gasteiger partial charge in [0.25, 0.3) is 0 Å². The van der Waals surface area contributed by atoms with Gasteiger partial charge in [-0.3, -0.25) is 15.3 Å². The highest BCUT2D eigenvalue weighted by Crippen LogP contribution is 2.31. The standard InChI is InChI=1S/C22H25F3N6/c1-3-16-6-5-14(12-29-16)21(27)18-9-15(11-28-4-2)20(10-19(18)26)30-17-7-8-31(13-17)22(23,24)25/h4-6,9-10,12-13,27-28,30H,2-3,7-8,11,26H2,1H3. The van der Waals surface area contributed by atoms with Crippen molar-refractivity contribution in [2.45, 2.75) is 32.6 Å². The third-order valence-electron chi connectivity index (χ3n) is 5.01. The lowest BCUT2D eigenvalue weighted by molar-refractivity contribution is -0.224. The molecule has 0 saturated carbocycles. The van der Waals surface area contributed by atoms with Gasteiger partial charge in [0.1, 0.15) is 0 Å². The van der Waals surface area contributed by atoms with E-state index in [0.29, 0.717) is 39.6 Å². The van der Waals surface area contributed by atoms with E-state index < -0.39 is 6.30 Å². The fraction of sp³-hybridized carbons (Fsp3) is 0.273. The molecule has 1 aliphatic rings. The van der Waals surface area contributed by atoms with Crippen molar-refractivity contribution < 1.29 is 13.2 Å². The summed E-state index contributed by atoms with van der Waals surface area (Å²) in [6, 6.07) is 7.11. The molecule has 0 bridgehead atoms. The normalized spacial score (nSPS) is 13.7. The van der Waals surface area contributed by atoms with Crippen molar-refractivity contribution >= 4 is 17.1 Å². The summed E-state index contributed by atoms with van der Waals surface area (Å²) < 4.78 is 38.8. The first-order valence-corrected chi connectivity index (χ1v) is 9.85. The number of hydrogen-bond acceptors (Lipinski definition) is 6. The number of nitrogens with one attached hydrogen (secondary N) is 3.